The Bertz CT molecular complexity index is 1290. The van der Waals surface area contributed by atoms with E-state index in [-0.39, 0.29) is 11.7 Å². The number of hydrogen-bond acceptors (Lipinski definition) is 6. The molecule has 0 unspecified atom stereocenters. The van der Waals surface area contributed by atoms with Crippen molar-refractivity contribution in [3.8, 4) is 5.75 Å². The number of aromatic nitrogens is 1. The largest absolute Gasteiger partial charge is 0.494 e. The monoisotopic (exact) mass is 554 g/mol. The highest BCUT2D eigenvalue weighted by Gasteiger charge is 2.12. The predicted molar refractivity (Wildman–Crippen MR) is 144 cm³/mol. The molecule has 4 rings (SSSR count). The summed E-state index contributed by atoms with van der Waals surface area (Å²) in [5.74, 6) is 0.966. The lowest BCUT2D eigenvalue weighted by molar-refractivity contribution is 0.101. The van der Waals surface area contributed by atoms with E-state index in [9.17, 15) is 9.59 Å². The summed E-state index contributed by atoms with van der Waals surface area (Å²) in [4.78, 5) is 29.7. The van der Waals surface area contributed by atoms with Gasteiger partial charge >= 0.3 is 0 Å². The molecule has 4 aromatic rings. The van der Waals surface area contributed by atoms with Crippen LogP contribution < -0.4 is 10.1 Å². The molecular formula is C26H23BrN2O3S2. The number of unbranched alkanes of at least 4 members (excludes halogenated alkanes) is 1. The Labute approximate surface area is 215 Å². The van der Waals surface area contributed by atoms with Crippen molar-refractivity contribution in [3.05, 3.63) is 82.3 Å². The van der Waals surface area contributed by atoms with Crippen LogP contribution in [0.3, 0.4) is 0 Å². The molecule has 1 aromatic heterocycles. The topological polar surface area (TPSA) is 68.3 Å². The zero-order valence-electron chi connectivity index (χ0n) is 18.5. The Morgan fingerprint density at radius 3 is 2.50 bits per heavy atom. The first-order chi connectivity index (χ1) is 16.5. The van der Waals surface area contributed by atoms with E-state index in [1.807, 2.05) is 54.6 Å². The fourth-order valence-electron chi connectivity index (χ4n) is 3.13. The maximum Gasteiger partial charge on any atom is 0.255 e. The summed E-state index contributed by atoms with van der Waals surface area (Å²) in [6.45, 7) is 2.79. The van der Waals surface area contributed by atoms with Gasteiger partial charge < -0.3 is 10.1 Å². The first-order valence-electron chi connectivity index (χ1n) is 10.9. The van der Waals surface area contributed by atoms with Gasteiger partial charge in [-0.2, -0.15) is 0 Å². The number of thioether (sulfide) groups is 1. The van der Waals surface area contributed by atoms with Crippen LogP contribution in [0.2, 0.25) is 0 Å². The quantitative estimate of drug-likeness (QED) is 0.125. The molecule has 0 aliphatic heterocycles. The molecule has 0 fully saturated rings. The number of carbonyl (C=O) groups excluding carboxylic acids is 2. The van der Waals surface area contributed by atoms with E-state index >= 15 is 0 Å². The van der Waals surface area contributed by atoms with Gasteiger partial charge in [-0.1, -0.05) is 53.2 Å². The van der Waals surface area contributed by atoms with Gasteiger partial charge in [0.25, 0.3) is 5.91 Å². The Morgan fingerprint density at radius 2 is 1.76 bits per heavy atom. The molecule has 0 spiro atoms. The zero-order chi connectivity index (χ0) is 23.9. The molecule has 3 aromatic carbocycles. The molecule has 5 nitrogen and oxygen atoms in total. The van der Waals surface area contributed by atoms with Crippen LogP contribution in [-0.4, -0.2) is 29.0 Å². The molecule has 174 valence electrons. The van der Waals surface area contributed by atoms with Crippen LogP contribution in [0.15, 0.2) is 75.5 Å². The van der Waals surface area contributed by atoms with E-state index in [0.29, 0.717) is 29.2 Å². The van der Waals surface area contributed by atoms with Crippen molar-refractivity contribution < 1.29 is 14.3 Å². The summed E-state index contributed by atoms with van der Waals surface area (Å²) >= 11 is 6.32. The van der Waals surface area contributed by atoms with Gasteiger partial charge in [-0.05, 0) is 61.0 Å². The van der Waals surface area contributed by atoms with Crippen LogP contribution in [0, 0.1) is 0 Å². The van der Waals surface area contributed by atoms with Crippen LogP contribution in [-0.2, 0) is 0 Å². The third-order valence-corrected chi connectivity index (χ3v) is 7.69. The average molecular weight is 556 g/mol. The SMILES string of the molecule is CCCCOc1ccc(C(=O)Nc2ccc3nc(SCC(=O)c4ccc(Br)cc4)sc3c2)cc1. The number of anilines is 1. The van der Waals surface area contributed by atoms with Crippen LogP contribution in [0.5, 0.6) is 5.75 Å². The minimum absolute atomic E-state index is 0.0616. The van der Waals surface area contributed by atoms with Crippen molar-refractivity contribution in [1.29, 1.82) is 0 Å². The van der Waals surface area contributed by atoms with E-state index in [1.54, 1.807) is 12.1 Å². The first kappa shape index (κ1) is 24.4. The van der Waals surface area contributed by atoms with Crippen molar-refractivity contribution in [3.63, 3.8) is 0 Å². The lowest BCUT2D eigenvalue weighted by Crippen LogP contribution is -2.11. The van der Waals surface area contributed by atoms with Gasteiger partial charge in [0.05, 0.1) is 22.6 Å². The van der Waals surface area contributed by atoms with Gasteiger partial charge in [0.15, 0.2) is 10.1 Å². The van der Waals surface area contributed by atoms with Gasteiger partial charge in [-0.15, -0.1) is 11.3 Å². The fourth-order valence-corrected chi connectivity index (χ4v) is 5.40. The van der Waals surface area contributed by atoms with Gasteiger partial charge in [-0.25, -0.2) is 4.98 Å². The summed E-state index contributed by atoms with van der Waals surface area (Å²) in [5.41, 5.74) is 2.79. The number of ether oxygens (including phenoxy) is 1. The summed E-state index contributed by atoms with van der Waals surface area (Å²) in [6.07, 6.45) is 2.08. The Balaban J connectivity index is 1.36. The minimum atomic E-state index is -0.182. The van der Waals surface area contributed by atoms with Gasteiger partial charge in [0, 0.05) is 21.3 Å². The normalized spacial score (nSPS) is 10.9. The highest BCUT2D eigenvalue weighted by atomic mass is 79.9. The second-order valence-corrected chi connectivity index (χ2v) is 10.7. The van der Waals surface area contributed by atoms with Crippen molar-refractivity contribution in [2.75, 3.05) is 17.7 Å². The molecule has 0 aliphatic carbocycles. The Hall–Kier alpha value is -2.68. The summed E-state index contributed by atoms with van der Waals surface area (Å²) in [6, 6.07) is 20.1. The number of carbonyl (C=O) groups is 2. The van der Waals surface area contributed by atoms with Crippen molar-refractivity contribution in [2.24, 2.45) is 0 Å². The number of benzene rings is 3. The smallest absolute Gasteiger partial charge is 0.255 e. The van der Waals surface area contributed by atoms with Crippen LogP contribution in [0.4, 0.5) is 5.69 Å². The number of Topliss-reactive ketones (excluding diaryl/α,β-unsaturated/α-hetero) is 1. The molecule has 0 aliphatic rings. The molecule has 0 saturated heterocycles. The molecular weight excluding hydrogens is 532 g/mol. The maximum absolute atomic E-state index is 12.7. The van der Waals surface area contributed by atoms with Gasteiger partial charge in [0.1, 0.15) is 5.75 Å². The molecule has 0 saturated carbocycles. The van der Waals surface area contributed by atoms with E-state index < -0.39 is 0 Å². The number of nitrogens with one attached hydrogen (secondary N) is 1. The first-order valence-corrected chi connectivity index (χ1v) is 13.5. The van der Waals surface area contributed by atoms with E-state index in [0.717, 1.165) is 37.6 Å². The second-order valence-electron chi connectivity index (χ2n) is 7.56. The number of halogens is 1. The summed E-state index contributed by atoms with van der Waals surface area (Å²) < 4.78 is 8.37. The van der Waals surface area contributed by atoms with Crippen molar-refractivity contribution in [2.45, 2.75) is 24.1 Å². The number of fused-ring (bicyclic) bond motifs is 1. The standard InChI is InChI=1S/C26H23BrN2O3S2/c1-2-3-14-32-21-11-6-18(7-12-21)25(31)28-20-10-13-22-24(15-20)34-26(29-22)33-16-23(30)17-4-8-19(27)9-5-17/h4-13,15H,2-3,14,16H2,1H3,(H,28,31). The van der Waals surface area contributed by atoms with Crippen LogP contribution >= 0.6 is 39.0 Å². The van der Waals surface area contributed by atoms with E-state index in [2.05, 4.69) is 33.2 Å². The molecule has 0 atom stereocenters. The maximum atomic E-state index is 12.7. The highest BCUT2D eigenvalue weighted by molar-refractivity contribution is 9.10. The Kier molecular flexibility index (Phi) is 8.37. The molecule has 1 heterocycles. The lowest BCUT2D eigenvalue weighted by Gasteiger charge is -2.07. The zero-order valence-corrected chi connectivity index (χ0v) is 21.8. The van der Waals surface area contributed by atoms with E-state index in [1.165, 1.54) is 23.1 Å². The third-order valence-electron chi connectivity index (χ3n) is 5.00. The number of thiazole rings is 1. The van der Waals surface area contributed by atoms with Crippen LogP contribution in [0.25, 0.3) is 10.2 Å². The molecule has 34 heavy (non-hydrogen) atoms. The molecule has 8 heteroatoms. The third kappa shape index (κ3) is 6.46. The molecule has 1 amide bonds. The number of rotatable bonds is 10. The number of ketones is 1. The number of amides is 1. The van der Waals surface area contributed by atoms with Crippen molar-refractivity contribution >= 4 is 66.6 Å². The highest BCUT2D eigenvalue weighted by Crippen LogP contribution is 2.32. The Morgan fingerprint density at radius 1 is 1.03 bits per heavy atom. The minimum Gasteiger partial charge on any atom is -0.494 e. The number of hydrogen-bond donors (Lipinski definition) is 1. The fraction of sp³-hybridized carbons (Fsp3) is 0.192. The average Bonchev–Trinajstić information content (AvgIpc) is 3.26. The number of nitrogens with zero attached hydrogens (tertiary/aromatic N) is 1. The van der Waals surface area contributed by atoms with Crippen molar-refractivity contribution in [1.82, 2.24) is 4.98 Å². The molecule has 0 radical (unpaired) electrons. The van der Waals surface area contributed by atoms with E-state index in [4.69, 9.17) is 4.74 Å². The van der Waals surface area contributed by atoms with Crippen LogP contribution in [0.1, 0.15) is 40.5 Å². The molecule has 0 bridgehead atoms. The predicted octanol–water partition coefficient (Wildman–Crippen LogP) is 7.47. The second kappa shape index (κ2) is 11.6. The molecule has 1 N–H and O–H groups in total. The lowest BCUT2D eigenvalue weighted by atomic mass is 10.2. The summed E-state index contributed by atoms with van der Waals surface area (Å²) in [5, 5.41) is 2.94. The van der Waals surface area contributed by atoms with Gasteiger partial charge in [0.2, 0.25) is 0 Å². The summed E-state index contributed by atoms with van der Waals surface area (Å²) in [7, 11) is 0. The van der Waals surface area contributed by atoms with Gasteiger partial charge in [-0.3, -0.25) is 9.59 Å².